The van der Waals surface area contributed by atoms with Crippen LogP contribution in [0.25, 0.3) is 0 Å². The van der Waals surface area contributed by atoms with Crippen molar-refractivity contribution in [3.8, 4) is 0 Å². The predicted molar refractivity (Wildman–Crippen MR) is 95.6 cm³/mol. The van der Waals surface area contributed by atoms with Crippen LogP contribution in [0.2, 0.25) is 10.0 Å². The molecule has 0 aliphatic carbocycles. The SMILES string of the molecule is Cn1sc(=Nc2ccc(Cl)cc2)n(C)c1=Nc1ccc(Cl)cc1. The maximum atomic E-state index is 5.91. The largest absolute Gasteiger partial charge is 0.289 e. The van der Waals surface area contributed by atoms with Crippen LogP contribution in [0.3, 0.4) is 0 Å². The molecule has 0 saturated heterocycles. The Balaban J connectivity index is 2.09. The first-order valence-electron chi connectivity index (χ1n) is 6.87. The molecule has 0 radical (unpaired) electrons. The molecule has 4 nitrogen and oxygen atoms in total. The monoisotopic (exact) mass is 364 g/mol. The summed E-state index contributed by atoms with van der Waals surface area (Å²) in [4.78, 5) is 10.1. The van der Waals surface area contributed by atoms with Crippen molar-refractivity contribution in [3.63, 3.8) is 0 Å². The molecule has 7 heteroatoms. The summed E-state index contributed by atoms with van der Waals surface area (Å²) < 4.78 is 3.93. The lowest BCUT2D eigenvalue weighted by atomic mass is 10.3. The van der Waals surface area contributed by atoms with Gasteiger partial charge in [0.2, 0.25) is 10.4 Å². The highest BCUT2D eigenvalue weighted by Crippen LogP contribution is 2.16. The molecule has 0 aliphatic rings. The highest BCUT2D eigenvalue weighted by molar-refractivity contribution is 7.03. The lowest BCUT2D eigenvalue weighted by molar-refractivity contribution is 0.738. The van der Waals surface area contributed by atoms with Crippen LogP contribution in [0.4, 0.5) is 11.4 Å². The minimum atomic E-state index is 0.696. The molecule has 0 aliphatic heterocycles. The maximum absolute atomic E-state index is 5.91. The van der Waals surface area contributed by atoms with E-state index in [1.807, 2.05) is 71.2 Å². The summed E-state index contributed by atoms with van der Waals surface area (Å²) in [5.74, 6) is 0. The van der Waals surface area contributed by atoms with E-state index in [1.54, 1.807) is 0 Å². The first kappa shape index (κ1) is 16.1. The maximum Gasteiger partial charge on any atom is 0.221 e. The molecule has 0 unspecified atom stereocenters. The van der Waals surface area contributed by atoms with Gasteiger partial charge in [0.05, 0.1) is 11.4 Å². The number of benzene rings is 2. The minimum Gasteiger partial charge on any atom is -0.289 e. The Morgan fingerprint density at radius 2 is 1.26 bits per heavy atom. The Bertz CT molecular complexity index is 947. The molecule has 3 aromatic rings. The fourth-order valence-electron chi connectivity index (χ4n) is 2.02. The number of aryl methyl sites for hydroxylation is 1. The van der Waals surface area contributed by atoms with Crippen molar-refractivity contribution in [2.75, 3.05) is 0 Å². The number of nitrogens with zero attached hydrogens (tertiary/aromatic N) is 4. The summed E-state index contributed by atoms with van der Waals surface area (Å²) in [6.07, 6.45) is 0. The predicted octanol–water partition coefficient (Wildman–Crippen LogP) is 4.20. The number of halogens is 2. The third kappa shape index (κ3) is 3.75. The zero-order valence-electron chi connectivity index (χ0n) is 12.6. The van der Waals surface area contributed by atoms with Gasteiger partial charge < -0.3 is 0 Å². The average molecular weight is 365 g/mol. The van der Waals surface area contributed by atoms with Gasteiger partial charge in [0.1, 0.15) is 0 Å². The molecule has 118 valence electrons. The molecule has 0 atom stereocenters. The fraction of sp³-hybridized carbons (Fsp3) is 0.125. The Hall–Kier alpha value is -1.82. The van der Waals surface area contributed by atoms with Crippen LogP contribution in [0.1, 0.15) is 0 Å². The summed E-state index contributed by atoms with van der Waals surface area (Å²) in [7, 11) is 3.90. The van der Waals surface area contributed by atoms with Gasteiger partial charge in [-0.2, -0.15) is 0 Å². The molecule has 0 amide bonds. The summed E-state index contributed by atoms with van der Waals surface area (Å²) in [6.45, 7) is 0. The van der Waals surface area contributed by atoms with Crippen molar-refractivity contribution < 1.29 is 0 Å². The van der Waals surface area contributed by atoms with E-state index < -0.39 is 0 Å². The van der Waals surface area contributed by atoms with Crippen LogP contribution in [-0.4, -0.2) is 8.52 Å². The van der Waals surface area contributed by atoms with E-state index in [-0.39, 0.29) is 0 Å². The highest BCUT2D eigenvalue weighted by Gasteiger charge is 2.01. The number of aromatic nitrogens is 2. The lowest BCUT2D eigenvalue weighted by Crippen LogP contribution is -2.26. The molecule has 2 aromatic carbocycles. The van der Waals surface area contributed by atoms with Crippen LogP contribution < -0.4 is 10.4 Å². The van der Waals surface area contributed by atoms with Gasteiger partial charge in [-0.25, -0.2) is 9.98 Å². The van der Waals surface area contributed by atoms with Crippen LogP contribution in [0, 0.1) is 0 Å². The fourth-order valence-corrected chi connectivity index (χ4v) is 3.11. The Kier molecular flexibility index (Phi) is 4.71. The Morgan fingerprint density at radius 3 is 1.78 bits per heavy atom. The molecule has 0 spiro atoms. The quantitative estimate of drug-likeness (QED) is 0.653. The second-order valence-corrected chi connectivity index (χ2v) is 6.88. The van der Waals surface area contributed by atoms with Gasteiger partial charge >= 0.3 is 0 Å². The topological polar surface area (TPSA) is 34.6 Å². The van der Waals surface area contributed by atoms with E-state index in [1.165, 1.54) is 11.5 Å². The first-order chi connectivity index (χ1) is 11.0. The zero-order chi connectivity index (χ0) is 16.4. The van der Waals surface area contributed by atoms with Crippen molar-refractivity contribution in [2.45, 2.75) is 0 Å². The molecule has 1 aromatic heterocycles. The summed E-state index contributed by atoms with van der Waals surface area (Å²) >= 11 is 13.3. The zero-order valence-corrected chi connectivity index (χ0v) is 14.9. The van der Waals surface area contributed by atoms with Crippen molar-refractivity contribution >= 4 is 46.1 Å². The summed E-state index contributed by atoms with van der Waals surface area (Å²) in [5, 5.41) is 1.39. The molecule has 23 heavy (non-hydrogen) atoms. The van der Waals surface area contributed by atoms with Gasteiger partial charge in [-0.05, 0) is 60.1 Å². The van der Waals surface area contributed by atoms with E-state index in [2.05, 4.69) is 9.98 Å². The van der Waals surface area contributed by atoms with Crippen molar-refractivity contribution in [3.05, 3.63) is 69.0 Å². The van der Waals surface area contributed by atoms with Crippen molar-refractivity contribution in [2.24, 2.45) is 24.1 Å². The lowest BCUT2D eigenvalue weighted by Gasteiger charge is -1.96. The second-order valence-electron chi connectivity index (χ2n) is 4.91. The Morgan fingerprint density at radius 1 is 0.783 bits per heavy atom. The minimum absolute atomic E-state index is 0.696. The second kappa shape index (κ2) is 6.74. The molecule has 0 N–H and O–H groups in total. The highest BCUT2D eigenvalue weighted by atomic mass is 35.5. The Labute approximate surface area is 147 Å². The van der Waals surface area contributed by atoms with E-state index in [9.17, 15) is 0 Å². The van der Waals surface area contributed by atoms with E-state index in [0.717, 1.165) is 21.8 Å². The first-order valence-corrected chi connectivity index (χ1v) is 8.40. The van der Waals surface area contributed by atoms with Gasteiger partial charge in [0.25, 0.3) is 0 Å². The van der Waals surface area contributed by atoms with Crippen LogP contribution in [0.15, 0.2) is 58.5 Å². The number of hydrogen-bond donors (Lipinski definition) is 0. The van der Waals surface area contributed by atoms with Gasteiger partial charge in [-0.1, -0.05) is 23.2 Å². The number of rotatable bonds is 2. The van der Waals surface area contributed by atoms with Gasteiger partial charge in [0.15, 0.2) is 0 Å². The van der Waals surface area contributed by atoms with Crippen LogP contribution >= 0.6 is 34.7 Å². The third-order valence-electron chi connectivity index (χ3n) is 3.19. The summed E-state index contributed by atoms with van der Waals surface area (Å²) in [5.41, 5.74) is 2.51. The molecule has 0 saturated carbocycles. The molecule has 0 fully saturated rings. The molecular formula is C16H14Cl2N4S. The average Bonchev–Trinajstić information content (AvgIpc) is 2.79. The van der Waals surface area contributed by atoms with Gasteiger partial charge in [-0.15, -0.1) is 0 Å². The smallest absolute Gasteiger partial charge is 0.221 e. The molecule has 0 bridgehead atoms. The van der Waals surface area contributed by atoms with Crippen molar-refractivity contribution in [1.82, 2.24) is 8.52 Å². The number of hydrogen-bond acceptors (Lipinski definition) is 3. The van der Waals surface area contributed by atoms with Crippen LogP contribution in [-0.2, 0) is 14.1 Å². The van der Waals surface area contributed by atoms with E-state index in [4.69, 9.17) is 23.2 Å². The van der Waals surface area contributed by atoms with Crippen LogP contribution in [0.5, 0.6) is 0 Å². The summed E-state index contributed by atoms with van der Waals surface area (Å²) in [6, 6.07) is 14.8. The van der Waals surface area contributed by atoms with Gasteiger partial charge in [0, 0.05) is 24.1 Å². The normalized spacial score (nSPS) is 12.9. The van der Waals surface area contributed by atoms with Gasteiger partial charge in [-0.3, -0.25) is 8.52 Å². The molecule has 1 heterocycles. The van der Waals surface area contributed by atoms with E-state index in [0.29, 0.717) is 10.0 Å². The molecular weight excluding hydrogens is 351 g/mol. The molecule has 3 rings (SSSR count). The van der Waals surface area contributed by atoms with Crippen molar-refractivity contribution in [1.29, 1.82) is 0 Å². The third-order valence-corrected chi connectivity index (χ3v) is 4.66. The van der Waals surface area contributed by atoms with E-state index >= 15 is 0 Å². The standard InChI is InChI=1S/C16H14Cl2N4S/c1-21-15(19-13-7-3-11(17)4-8-13)22(2)23-16(21)20-14-9-5-12(18)6-10-14/h3-10H,1-2H3.